The maximum absolute atomic E-state index is 12.5. The summed E-state index contributed by atoms with van der Waals surface area (Å²) in [6.07, 6.45) is -5.04. The number of rotatable bonds is 0. The van der Waals surface area contributed by atoms with E-state index in [9.17, 15) is 22.8 Å². The summed E-state index contributed by atoms with van der Waals surface area (Å²) in [5, 5.41) is 0. The highest BCUT2D eigenvalue weighted by molar-refractivity contribution is 7.99. The molecule has 2 rings (SSSR count). The molecule has 1 aromatic carbocycles. The number of aryl methyl sites for hydroxylation is 2. The maximum atomic E-state index is 12.5. The zero-order valence-electron chi connectivity index (χ0n) is 10.9. The molecule has 0 spiro atoms. The highest BCUT2D eigenvalue weighted by atomic mass is 32.2. The van der Waals surface area contributed by atoms with Gasteiger partial charge in [-0.25, -0.2) is 0 Å². The molecule has 1 heterocycles. The summed E-state index contributed by atoms with van der Waals surface area (Å²) in [6, 6.07) is 3.32. The number of carbonyl (C=O) groups excluding carboxylic acids is 2. The average molecular weight is 303 g/mol. The number of carbonyl (C=O) groups is 2. The van der Waals surface area contributed by atoms with Crippen LogP contribution in [-0.2, 0) is 4.79 Å². The second kappa shape index (κ2) is 5.12. The van der Waals surface area contributed by atoms with E-state index in [4.69, 9.17) is 0 Å². The fourth-order valence-electron chi connectivity index (χ4n) is 1.92. The fourth-order valence-corrected chi connectivity index (χ4v) is 2.97. The van der Waals surface area contributed by atoms with E-state index in [1.165, 1.54) is 11.8 Å². The van der Waals surface area contributed by atoms with E-state index in [1.807, 2.05) is 6.92 Å². The van der Waals surface area contributed by atoms with Crippen LogP contribution >= 0.6 is 11.8 Å². The third-order valence-electron chi connectivity index (χ3n) is 3.13. The van der Waals surface area contributed by atoms with Crippen molar-refractivity contribution < 1.29 is 22.8 Å². The molecule has 1 aliphatic heterocycles. The van der Waals surface area contributed by atoms with Crippen molar-refractivity contribution in [2.75, 3.05) is 12.3 Å². The molecule has 0 aliphatic carbocycles. The molecule has 7 heteroatoms. The Morgan fingerprint density at radius 2 is 1.85 bits per heavy atom. The second-order valence-electron chi connectivity index (χ2n) is 4.54. The Labute approximate surface area is 118 Å². The number of nitrogens with zero attached hydrogens (tertiary/aromatic N) is 1. The number of thioether (sulfide) groups is 1. The van der Waals surface area contributed by atoms with Gasteiger partial charge in [-0.3, -0.25) is 14.5 Å². The molecular weight excluding hydrogens is 291 g/mol. The Kier molecular flexibility index (Phi) is 3.82. The lowest BCUT2D eigenvalue weighted by atomic mass is 10.1. The summed E-state index contributed by atoms with van der Waals surface area (Å²) in [7, 11) is 0. The van der Waals surface area contributed by atoms with Crippen molar-refractivity contribution in [3.05, 3.63) is 28.8 Å². The van der Waals surface area contributed by atoms with Gasteiger partial charge >= 0.3 is 12.1 Å². The number of imide groups is 1. The average Bonchev–Trinajstić information content (AvgIpc) is 2.49. The molecule has 3 nitrogen and oxygen atoms in total. The smallest absolute Gasteiger partial charge is 0.270 e. The predicted octanol–water partition coefficient (Wildman–Crippen LogP) is 2.94. The zero-order valence-corrected chi connectivity index (χ0v) is 11.7. The Morgan fingerprint density at radius 1 is 1.25 bits per heavy atom. The van der Waals surface area contributed by atoms with E-state index in [0.29, 0.717) is 4.90 Å². The Balaban J connectivity index is 2.45. The molecule has 1 aromatic rings. The third-order valence-corrected chi connectivity index (χ3v) is 4.17. The summed E-state index contributed by atoms with van der Waals surface area (Å²) >= 11 is 1.29. The molecule has 0 radical (unpaired) electrons. The summed E-state index contributed by atoms with van der Waals surface area (Å²) in [5.74, 6) is -2.73. The van der Waals surface area contributed by atoms with Crippen LogP contribution in [0.3, 0.4) is 0 Å². The van der Waals surface area contributed by atoms with Gasteiger partial charge in [-0.1, -0.05) is 0 Å². The molecule has 0 fully saturated rings. The van der Waals surface area contributed by atoms with E-state index < -0.39 is 18.0 Å². The quantitative estimate of drug-likeness (QED) is 0.739. The summed E-state index contributed by atoms with van der Waals surface area (Å²) in [4.78, 5) is 24.4. The molecule has 2 amide bonds. The highest BCUT2D eigenvalue weighted by Crippen LogP contribution is 2.31. The van der Waals surface area contributed by atoms with E-state index >= 15 is 0 Å². The Hall–Kier alpha value is -1.50. The number of alkyl halides is 3. The van der Waals surface area contributed by atoms with Crippen LogP contribution < -0.4 is 0 Å². The van der Waals surface area contributed by atoms with Gasteiger partial charge in [0.2, 0.25) is 0 Å². The number of hydrogen-bond acceptors (Lipinski definition) is 3. The molecule has 0 saturated carbocycles. The van der Waals surface area contributed by atoms with Gasteiger partial charge < -0.3 is 0 Å². The largest absolute Gasteiger partial charge is 0.471 e. The number of benzene rings is 1. The van der Waals surface area contributed by atoms with Crippen molar-refractivity contribution in [2.45, 2.75) is 24.9 Å². The van der Waals surface area contributed by atoms with Gasteiger partial charge in [0.05, 0.1) is 5.56 Å². The van der Waals surface area contributed by atoms with Crippen LogP contribution in [0.15, 0.2) is 17.0 Å². The molecule has 0 unspecified atom stereocenters. The standard InChI is InChI=1S/C13H12F3NO2S/c1-7-5-9-10(6-8(7)2)20-4-3-17(11(9)18)12(19)13(14,15)16/h5-6H,3-4H2,1-2H3. The first kappa shape index (κ1) is 14.9. The SMILES string of the molecule is Cc1cc2c(cc1C)C(=O)N(C(=O)C(F)(F)F)CCS2. The van der Waals surface area contributed by atoms with Crippen molar-refractivity contribution in [3.63, 3.8) is 0 Å². The van der Waals surface area contributed by atoms with Crippen LogP contribution in [0.2, 0.25) is 0 Å². The van der Waals surface area contributed by atoms with Crippen molar-refractivity contribution in [1.29, 1.82) is 0 Å². The van der Waals surface area contributed by atoms with Gasteiger partial charge in [0.1, 0.15) is 0 Å². The molecule has 20 heavy (non-hydrogen) atoms. The lowest BCUT2D eigenvalue weighted by molar-refractivity contribution is -0.182. The Morgan fingerprint density at radius 3 is 2.45 bits per heavy atom. The van der Waals surface area contributed by atoms with Gasteiger partial charge in [-0.15, -0.1) is 11.8 Å². The van der Waals surface area contributed by atoms with Crippen molar-refractivity contribution in [1.82, 2.24) is 4.90 Å². The van der Waals surface area contributed by atoms with Gasteiger partial charge in [0.25, 0.3) is 5.91 Å². The van der Waals surface area contributed by atoms with Gasteiger partial charge in [0, 0.05) is 17.2 Å². The number of halogens is 3. The maximum Gasteiger partial charge on any atom is 0.471 e. The predicted molar refractivity (Wildman–Crippen MR) is 68.7 cm³/mol. The van der Waals surface area contributed by atoms with Crippen LogP contribution in [0.1, 0.15) is 21.5 Å². The number of hydrogen-bond donors (Lipinski definition) is 0. The molecule has 1 aliphatic rings. The molecule has 0 aromatic heterocycles. The van der Waals surface area contributed by atoms with Crippen molar-refractivity contribution in [2.24, 2.45) is 0 Å². The summed E-state index contributed by atoms with van der Waals surface area (Å²) < 4.78 is 37.5. The monoisotopic (exact) mass is 303 g/mol. The fraction of sp³-hybridized carbons (Fsp3) is 0.385. The molecular formula is C13H12F3NO2S. The van der Waals surface area contributed by atoms with Gasteiger partial charge in [-0.2, -0.15) is 13.2 Å². The zero-order chi connectivity index (χ0) is 15.1. The number of fused-ring (bicyclic) bond motifs is 1. The lowest BCUT2D eigenvalue weighted by Crippen LogP contribution is -2.45. The van der Waals surface area contributed by atoms with Crippen LogP contribution in [0.25, 0.3) is 0 Å². The summed E-state index contributed by atoms with van der Waals surface area (Å²) in [6.45, 7) is 3.40. The van der Waals surface area contributed by atoms with Crippen LogP contribution in [0.5, 0.6) is 0 Å². The minimum atomic E-state index is -5.04. The van der Waals surface area contributed by atoms with E-state index in [-0.39, 0.29) is 22.8 Å². The highest BCUT2D eigenvalue weighted by Gasteiger charge is 2.45. The van der Waals surface area contributed by atoms with Crippen LogP contribution in [-0.4, -0.2) is 35.2 Å². The first-order chi connectivity index (χ1) is 9.21. The van der Waals surface area contributed by atoms with Crippen molar-refractivity contribution in [3.8, 4) is 0 Å². The van der Waals surface area contributed by atoms with E-state index in [0.717, 1.165) is 11.1 Å². The van der Waals surface area contributed by atoms with Gasteiger partial charge in [-0.05, 0) is 37.1 Å². The second-order valence-corrected chi connectivity index (χ2v) is 5.68. The normalized spacial score (nSPS) is 15.8. The minimum Gasteiger partial charge on any atom is -0.270 e. The molecule has 0 atom stereocenters. The van der Waals surface area contributed by atoms with E-state index in [2.05, 4.69) is 0 Å². The van der Waals surface area contributed by atoms with E-state index in [1.54, 1.807) is 19.1 Å². The lowest BCUT2D eigenvalue weighted by Gasteiger charge is -2.20. The number of amides is 2. The van der Waals surface area contributed by atoms with Crippen LogP contribution in [0.4, 0.5) is 13.2 Å². The third kappa shape index (κ3) is 2.67. The molecule has 108 valence electrons. The van der Waals surface area contributed by atoms with Crippen LogP contribution in [0, 0.1) is 13.8 Å². The topological polar surface area (TPSA) is 37.4 Å². The van der Waals surface area contributed by atoms with Gasteiger partial charge in [0.15, 0.2) is 0 Å². The summed E-state index contributed by atoms with van der Waals surface area (Å²) in [5.41, 5.74) is 1.92. The van der Waals surface area contributed by atoms with Crippen molar-refractivity contribution >= 4 is 23.6 Å². The first-order valence-corrected chi connectivity index (χ1v) is 6.87. The molecule has 0 N–H and O–H groups in total. The first-order valence-electron chi connectivity index (χ1n) is 5.89. The molecule has 0 saturated heterocycles. The molecule has 0 bridgehead atoms. The Bertz CT molecular complexity index is 584. The minimum absolute atomic E-state index is 0.160.